The second-order valence-corrected chi connectivity index (χ2v) is 3.29. The van der Waals surface area contributed by atoms with E-state index in [-0.39, 0.29) is 0 Å². The number of hydrogen-bond donors (Lipinski definition) is 1. The lowest BCUT2D eigenvalue weighted by atomic mass is 10.1. The van der Waals surface area contributed by atoms with Gasteiger partial charge in [0.25, 0.3) is 0 Å². The molecular weight excluding hydrogens is 158 g/mol. The monoisotopic (exact) mass is 175 g/mol. The molecule has 0 bridgehead atoms. The summed E-state index contributed by atoms with van der Waals surface area (Å²) in [4.78, 5) is 0. The van der Waals surface area contributed by atoms with Gasteiger partial charge >= 0.3 is 0 Å². The molecule has 70 valence electrons. The van der Waals surface area contributed by atoms with Crippen LogP contribution < -0.4 is 5.73 Å². The van der Waals surface area contributed by atoms with E-state index in [2.05, 4.69) is 37.3 Å². The number of hydrogen-bond acceptors (Lipinski definition) is 1. The minimum atomic E-state index is 0.742. The maximum absolute atomic E-state index is 5.43. The van der Waals surface area contributed by atoms with E-state index in [1.807, 2.05) is 6.07 Å². The average Bonchev–Trinajstić information content (AvgIpc) is 2.16. The van der Waals surface area contributed by atoms with Gasteiger partial charge in [-0.25, -0.2) is 0 Å². The van der Waals surface area contributed by atoms with Crippen LogP contribution in [0, 0.1) is 0 Å². The Morgan fingerprint density at radius 3 is 2.62 bits per heavy atom. The van der Waals surface area contributed by atoms with Gasteiger partial charge in [-0.05, 0) is 31.9 Å². The number of allylic oxidation sites excluding steroid dienone is 1. The molecule has 0 atom stereocenters. The summed E-state index contributed by atoms with van der Waals surface area (Å²) in [5.41, 5.74) is 8.19. The lowest BCUT2D eigenvalue weighted by Crippen LogP contribution is -1.96. The molecule has 0 aromatic heterocycles. The molecule has 0 saturated carbocycles. The Bertz CT molecular complexity index is 262. The van der Waals surface area contributed by atoms with Gasteiger partial charge in [-0.3, -0.25) is 0 Å². The van der Waals surface area contributed by atoms with Gasteiger partial charge in [-0.2, -0.15) is 0 Å². The normalized spacial score (nSPS) is 11.7. The zero-order valence-corrected chi connectivity index (χ0v) is 8.16. The summed E-state index contributed by atoms with van der Waals surface area (Å²) in [5, 5.41) is 0. The molecular formula is C12H17N. The molecule has 0 radical (unpaired) electrons. The van der Waals surface area contributed by atoms with Crippen LogP contribution in [0.2, 0.25) is 0 Å². The fourth-order valence-corrected chi connectivity index (χ4v) is 1.32. The van der Waals surface area contributed by atoms with Crippen molar-refractivity contribution in [3.63, 3.8) is 0 Å². The van der Waals surface area contributed by atoms with Crippen LogP contribution in [-0.4, -0.2) is 6.54 Å². The quantitative estimate of drug-likeness (QED) is 0.699. The summed E-state index contributed by atoms with van der Waals surface area (Å²) >= 11 is 0. The van der Waals surface area contributed by atoms with E-state index < -0.39 is 0 Å². The van der Waals surface area contributed by atoms with Crippen molar-refractivity contribution in [3.05, 3.63) is 47.5 Å². The molecule has 1 aromatic carbocycles. The molecule has 1 aromatic rings. The van der Waals surface area contributed by atoms with E-state index in [1.54, 1.807) is 0 Å². The summed E-state index contributed by atoms with van der Waals surface area (Å²) in [7, 11) is 0. The van der Waals surface area contributed by atoms with Gasteiger partial charge in [0, 0.05) is 0 Å². The van der Waals surface area contributed by atoms with E-state index in [1.165, 1.54) is 11.1 Å². The summed E-state index contributed by atoms with van der Waals surface area (Å²) in [6, 6.07) is 10.5. The van der Waals surface area contributed by atoms with Crippen molar-refractivity contribution >= 4 is 0 Å². The van der Waals surface area contributed by atoms with Crippen LogP contribution in [0.25, 0.3) is 0 Å². The third kappa shape index (κ3) is 3.90. The first-order valence-corrected chi connectivity index (χ1v) is 4.72. The third-order valence-corrected chi connectivity index (χ3v) is 1.99. The predicted octanol–water partition coefficient (Wildman–Crippen LogP) is 2.52. The molecule has 13 heavy (non-hydrogen) atoms. The van der Waals surface area contributed by atoms with Gasteiger partial charge in [-0.1, -0.05) is 42.0 Å². The largest absolute Gasteiger partial charge is 0.330 e. The highest BCUT2D eigenvalue weighted by molar-refractivity contribution is 5.20. The number of nitrogens with two attached hydrogens (primary N) is 1. The highest BCUT2D eigenvalue weighted by Crippen LogP contribution is 2.07. The molecule has 1 rings (SSSR count). The predicted molar refractivity (Wildman–Crippen MR) is 57.6 cm³/mol. The van der Waals surface area contributed by atoms with Gasteiger partial charge in [-0.15, -0.1) is 0 Å². The maximum atomic E-state index is 5.43. The molecule has 0 fully saturated rings. The van der Waals surface area contributed by atoms with Crippen molar-refractivity contribution in [2.24, 2.45) is 5.73 Å². The van der Waals surface area contributed by atoms with Crippen LogP contribution in [0.15, 0.2) is 42.0 Å². The van der Waals surface area contributed by atoms with Crippen LogP contribution in [0.4, 0.5) is 0 Å². The Balaban J connectivity index is 2.50. The molecule has 1 nitrogen and oxygen atoms in total. The van der Waals surface area contributed by atoms with Crippen molar-refractivity contribution in [1.29, 1.82) is 0 Å². The van der Waals surface area contributed by atoms with Crippen LogP contribution in [0.5, 0.6) is 0 Å². The van der Waals surface area contributed by atoms with E-state index in [0.29, 0.717) is 0 Å². The molecule has 0 aliphatic carbocycles. The summed E-state index contributed by atoms with van der Waals surface area (Å²) < 4.78 is 0. The Morgan fingerprint density at radius 1 is 1.31 bits per heavy atom. The maximum Gasteiger partial charge on any atom is -0.00425 e. The SMILES string of the molecule is CC(=CCCN)Cc1ccccc1. The molecule has 1 heteroatoms. The first kappa shape index (κ1) is 10.0. The molecule has 0 aliphatic rings. The van der Waals surface area contributed by atoms with Gasteiger partial charge < -0.3 is 5.73 Å². The average molecular weight is 175 g/mol. The zero-order valence-electron chi connectivity index (χ0n) is 8.16. The van der Waals surface area contributed by atoms with Crippen molar-refractivity contribution in [1.82, 2.24) is 0 Å². The smallest absolute Gasteiger partial charge is 0.00425 e. The fourth-order valence-electron chi connectivity index (χ4n) is 1.32. The van der Waals surface area contributed by atoms with Crippen LogP contribution >= 0.6 is 0 Å². The van der Waals surface area contributed by atoms with Crippen LogP contribution in [0.3, 0.4) is 0 Å². The molecule has 0 heterocycles. The minimum Gasteiger partial charge on any atom is -0.330 e. The van der Waals surface area contributed by atoms with Gasteiger partial charge in [0.05, 0.1) is 0 Å². The van der Waals surface area contributed by atoms with Gasteiger partial charge in [0.1, 0.15) is 0 Å². The fraction of sp³-hybridized carbons (Fsp3) is 0.333. The van der Waals surface area contributed by atoms with E-state index >= 15 is 0 Å². The molecule has 0 saturated heterocycles. The second-order valence-electron chi connectivity index (χ2n) is 3.29. The van der Waals surface area contributed by atoms with Gasteiger partial charge in [0.2, 0.25) is 0 Å². The number of benzene rings is 1. The van der Waals surface area contributed by atoms with Gasteiger partial charge in [0.15, 0.2) is 0 Å². The summed E-state index contributed by atoms with van der Waals surface area (Å²) in [6.45, 7) is 2.90. The topological polar surface area (TPSA) is 26.0 Å². The third-order valence-electron chi connectivity index (χ3n) is 1.99. The molecule has 0 amide bonds. The summed E-state index contributed by atoms with van der Waals surface area (Å²) in [5.74, 6) is 0. The molecule has 0 unspecified atom stereocenters. The highest BCUT2D eigenvalue weighted by atomic mass is 14.5. The molecule has 0 spiro atoms. The number of rotatable bonds is 4. The van der Waals surface area contributed by atoms with Crippen molar-refractivity contribution < 1.29 is 0 Å². The standard InChI is InChI=1S/C12H17N/c1-11(6-5-9-13)10-12-7-3-2-4-8-12/h2-4,6-8H,5,9-10,13H2,1H3. The molecule has 0 aliphatic heterocycles. The van der Waals surface area contributed by atoms with E-state index in [0.717, 1.165) is 19.4 Å². The Labute approximate surface area is 80.3 Å². The Kier molecular flexibility index (Phi) is 4.27. The second kappa shape index (κ2) is 5.55. The van der Waals surface area contributed by atoms with Crippen LogP contribution in [-0.2, 0) is 6.42 Å². The highest BCUT2D eigenvalue weighted by Gasteiger charge is 1.92. The first-order valence-electron chi connectivity index (χ1n) is 4.72. The zero-order chi connectivity index (χ0) is 9.52. The lowest BCUT2D eigenvalue weighted by molar-refractivity contribution is 0.981. The lowest BCUT2D eigenvalue weighted by Gasteiger charge is -2.00. The van der Waals surface area contributed by atoms with E-state index in [9.17, 15) is 0 Å². The molecule has 2 N–H and O–H groups in total. The first-order chi connectivity index (χ1) is 6.33. The van der Waals surface area contributed by atoms with Crippen molar-refractivity contribution in [2.75, 3.05) is 6.54 Å². The van der Waals surface area contributed by atoms with Crippen LogP contribution in [0.1, 0.15) is 18.9 Å². The Hall–Kier alpha value is -1.08. The minimum absolute atomic E-state index is 0.742. The Morgan fingerprint density at radius 2 is 2.00 bits per heavy atom. The van der Waals surface area contributed by atoms with Crippen molar-refractivity contribution in [2.45, 2.75) is 19.8 Å². The van der Waals surface area contributed by atoms with Crippen molar-refractivity contribution in [3.8, 4) is 0 Å². The summed E-state index contributed by atoms with van der Waals surface area (Å²) in [6.07, 6.45) is 4.24. The van der Waals surface area contributed by atoms with E-state index in [4.69, 9.17) is 5.73 Å².